The van der Waals surface area contributed by atoms with Gasteiger partial charge in [0.1, 0.15) is 5.75 Å². The minimum atomic E-state index is -0.0566. The van der Waals surface area contributed by atoms with Crippen molar-refractivity contribution in [3.05, 3.63) is 34.6 Å². The predicted molar refractivity (Wildman–Crippen MR) is 75.0 cm³/mol. The summed E-state index contributed by atoms with van der Waals surface area (Å²) in [4.78, 5) is 11.2. The van der Waals surface area contributed by atoms with Crippen LogP contribution in [0.3, 0.4) is 0 Å². The van der Waals surface area contributed by atoms with Gasteiger partial charge >= 0.3 is 0 Å². The summed E-state index contributed by atoms with van der Waals surface area (Å²) in [6.45, 7) is 11.3. The molecule has 98 valence electrons. The Morgan fingerprint density at radius 3 is 2.33 bits per heavy atom. The van der Waals surface area contributed by atoms with Crippen LogP contribution in [0.5, 0.6) is 5.75 Å². The number of nitrogens with one attached hydrogen (secondary N) is 1. The van der Waals surface area contributed by atoms with Crippen molar-refractivity contribution in [2.75, 3.05) is 5.32 Å². The van der Waals surface area contributed by atoms with E-state index in [1.807, 2.05) is 46.8 Å². The van der Waals surface area contributed by atoms with Crippen LogP contribution in [-0.2, 0) is 4.79 Å². The molecule has 0 aromatic heterocycles. The first-order valence-electron chi connectivity index (χ1n) is 6.06. The molecule has 0 saturated carbocycles. The van der Waals surface area contributed by atoms with Crippen LogP contribution in [0.15, 0.2) is 17.9 Å². The summed E-state index contributed by atoms with van der Waals surface area (Å²) in [5, 5.41) is 2.87. The molecule has 3 heteroatoms. The highest BCUT2D eigenvalue weighted by Crippen LogP contribution is 2.32. The number of anilines is 1. The fourth-order valence-electron chi connectivity index (χ4n) is 1.75. The third-order valence-electron chi connectivity index (χ3n) is 3.03. The third-order valence-corrected chi connectivity index (χ3v) is 3.03. The van der Waals surface area contributed by atoms with Crippen LogP contribution in [0.1, 0.15) is 37.5 Å². The molecular formula is C15H21NO2. The van der Waals surface area contributed by atoms with Gasteiger partial charge in [0.2, 0.25) is 5.91 Å². The van der Waals surface area contributed by atoms with Crippen molar-refractivity contribution < 1.29 is 9.53 Å². The molecule has 1 amide bonds. The summed E-state index contributed by atoms with van der Waals surface area (Å²) in [7, 11) is 0. The second-order valence-corrected chi connectivity index (χ2v) is 4.50. The standard InChI is InChI=1S/C15H21NO2/c1-7-10(3)18-14-8-9(2)15(16-13(6)17)12(5)11(14)4/h7-8H,1-6H3,(H,16,17). The molecule has 0 spiro atoms. The molecule has 1 aromatic carbocycles. The Morgan fingerprint density at radius 1 is 1.22 bits per heavy atom. The van der Waals surface area contributed by atoms with E-state index >= 15 is 0 Å². The highest BCUT2D eigenvalue weighted by molar-refractivity contribution is 5.91. The number of amides is 1. The van der Waals surface area contributed by atoms with E-state index in [0.29, 0.717) is 0 Å². The van der Waals surface area contributed by atoms with Crippen LogP contribution in [0.2, 0.25) is 0 Å². The van der Waals surface area contributed by atoms with Crippen molar-refractivity contribution in [1.29, 1.82) is 0 Å². The summed E-state index contributed by atoms with van der Waals surface area (Å²) in [6, 6.07) is 1.96. The average Bonchev–Trinajstić information content (AvgIpc) is 2.31. The SMILES string of the molecule is CC=C(C)Oc1cc(C)c(NC(C)=O)c(C)c1C. The van der Waals surface area contributed by atoms with Crippen molar-refractivity contribution in [1.82, 2.24) is 0 Å². The van der Waals surface area contributed by atoms with E-state index in [1.165, 1.54) is 6.92 Å². The van der Waals surface area contributed by atoms with Gasteiger partial charge in [-0.2, -0.15) is 0 Å². The normalized spacial score (nSPS) is 11.3. The van der Waals surface area contributed by atoms with Gasteiger partial charge in [-0.1, -0.05) is 0 Å². The molecule has 1 N–H and O–H groups in total. The van der Waals surface area contributed by atoms with Crippen molar-refractivity contribution in [2.24, 2.45) is 0 Å². The third kappa shape index (κ3) is 3.13. The minimum Gasteiger partial charge on any atom is -0.462 e. The maximum Gasteiger partial charge on any atom is 0.221 e. The summed E-state index contributed by atoms with van der Waals surface area (Å²) in [6.07, 6.45) is 1.92. The Balaban J connectivity index is 3.23. The average molecular weight is 247 g/mol. The van der Waals surface area contributed by atoms with E-state index in [4.69, 9.17) is 4.74 Å². The predicted octanol–water partition coefficient (Wildman–Crippen LogP) is 3.87. The Bertz CT molecular complexity index is 502. The van der Waals surface area contributed by atoms with Crippen molar-refractivity contribution in [3.63, 3.8) is 0 Å². The van der Waals surface area contributed by atoms with Crippen LogP contribution in [0, 0.1) is 20.8 Å². The van der Waals surface area contributed by atoms with Crippen molar-refractivity contribution in [3.8, 4) is 5.75 Å². The monoisotopic (exact) mass is 247 g/mol. The number of hydrogen-bond donors (Lipinski definition) is 1. The number of hydrogen-bond acceptors (Lipinski definition) is 2. The Hall–Kier alpha value is -1.77. The highest BCUT2D eigenvalue weighted by Gasteiger charge is 2.12. The van der Waals surface area contributed by atoms with Crippen LogP contribution in [0.4, 0.5) is 5.69 Å². The Labute approximate surface area is 109 Å². The number of allylic oxidation sites excluding steroid dienone is 2. The first-order valence-corrected chi connectivity index (χ1v) is 6.06. The maximum atomic E-state index is 11.2. The lowest BCUT2D eigenvalue weighted by atomic mass is 10.0. The van der Waals surface area contributed by atoms with E-state index in [1.54, 1.807) is 0 Å². The van der Waals surface area contributed by atoms with Crippen LogP contribution < -0.4 is 10.1 Å². The summed E-state index contributed by atoms with van der Waals surface area (Å²) in [5.74, 6) is 1.65. The van der Waals surface area contributed by atoms with E-state index in [2.05, 4.69) is 5.32 Å². The van der Waals surface area contributed by atoms with Gasteiger partial charge in [0.05, 0.1) is 5.76 Å². The largest absolute Gasteiger partial charge is 0.462 e. The molecule has 18 heavy (non-hydrogen) atoms. The minimum absolute atomic E-state index is 0.0566. The number of rotatable bonds is 3. The molecular weight excluding hydrogens is 226 g/mol. The summed E-state index contributed by atoms with van der Waals surface area (Å²) >= 11 is 0. The van der Waals surface area contributed by atoms with Gasteiger partial charge in [0, 0.05) is 12.6 Å². The fourth-order valence-corrected chi connectivity index (χ4v) is 1.75. The van der Waals surface area contributed by atoms with Gasteiger partial charge in [-0.3, -0.25) is 4.79 Å². The smallest absolute Gasteiger partial charge is 0.221 e. The number of carbonyl (C=O) groups excluding carboxylic acids is 1. The van der Waals surface area contributed by atoms with Gasteiger partial charge in [0.15, 0.2) is 0 Å². The molecule has 1 rings (SSSR count). The van der Waals surface area contributed by atoms with Gasteiger partial charge in [-0.25, -0.2) is 0 Å². The first-order chi connectivity index (χ1) is 8.36. The van der Waals surface area contributed by atoms with Crippen LogP contribution >= 0.6 is 0 Å². The van der Waals surface area contributed by atoms with Crippen molar-refractivity contribution in [2.45, 2.75) is 41.5 Å². The zero-order valence-corrected chi connectivity index (χ0v) is 12.0. The quantitative estimate of drug-likeness (QED) is 0.823. The zero-order chi connectivity index (χ0) is 13.9. The number of aryl methyl sites for hydroxylation is 1. The molecule has 3 nitrogen and oxygen atoms in total. The lowest BCUT2D eigenvalue weighted by molar-refractivity contribution is -0.114. The lowest BCUT2D eigenvalue weighted by Gasteiger charge is -2.17. The molecule has 0 saturated heterocycles. The molecule has 0 aliphatic carbocycles. The second-order valence-electron chi connectivity index (χ2n) is 4.50. The Kier molecular flexibility index (Phi) is 4.54. The van der Waals surface area contributed by atoms with E-state index in [0.717, 1.165) is 33.9 Å². The van der Waals surface area contributed by atoms with Crippen LogP contribution in [0.25, 0.3) is 0 Å². The fraction of sp³-hybridized carbons (Fsp3) is 0.400. The van der Waals surface area contributed by atoms with E-state index in [9.17, 15) is 4.79 Å². The molecule has 0 bridgehead atoms. The Morgan fingerprint density at radius 2 is 1.83 bits per heavy atom. The molecule has 0 atom stereocenters. The highest BCUT2D eigenvalue weighted by atomic mass is 16.5. The number of ether oxygens (including phenoxy) is 1. The topological polar surface area (TPSA) is 38.3 Å². The molecule has 0 heterocycles. The molecule has 0 aliphatic heterocycles. The zero-order valence-electron chi connectivity index (χ0n) is 12.0. The van der Waals surface area contributed by atoms with Crippen LogP contribution in [-0.4, -0.2) is 5.91 Å². The maximum absolute atomic E-state index is 11.2. The molecule has 0 aliphatic rings. The molecule has 1 aromatic rings. The summed E-state index contributed by atoms with van der Waals surface area (Å²) in [5.41, 5.74) is 3.98. The van der Waals surface area contributed by atoms with Gasteiger partial charge in [-0.15, -0.1) is 0 Å². The lowest BCUT2D eigenvalue weighted by Crippen LogP contribution is -2.10. The molecule has 0 unspecified atom stereocenters. The van der Waals surface area contributed by atoms with Crippen molar-refractivity contribution >= 4 is 11.6 Å². The summed E-state index contributed by atoms with van der Waals surface area (Å²) < 4.78 is 5.76. The van der Waals surface area contributed by atoms with Gasteiger partial charge in [0.25, 0.3) is 0 Å². The first kappa shape index (κ1) is 14.3. The van der Waals surface area contributed by atoms with E-state index < -0.39 is 0 Å². The van der Waals surface area contributed by atoms with Gasteiger partial charge < -0.3 is 10.1 Å². The van der Waals surface area contributed by atoms with Gasteiger partial charge in [-0.05, 0) is 63.5 Å². The number of benzene rings is 1. The second kappa shape index (κ2) is 5.71. The molecule has 0 fully saturated rings. The number of carbonyl (C=O) groups is 1. The molecule has 0 radical (unpaired) electrons. The van der Waals surface area contributed by atoms with E-state index in [-0.39, 0.29) is 5.91 Å².